The number of rotatable bonds is 2. The van der Waals surface area contributed by atoms with E-state index in [-0.39, 0.29) is 5.41 Å². The molecule has 0 aromatic carbocycles. The van der Waals surface area contributed by atoms with E-state index in [0.717, 1.165) is 16.8 Å². The minimum absolute atomic E-state index is 0.0700. The molecule has 0 spiro atoms. The Morgan fingerprint density at radius 1 is 1.21 bits per heavy atom. The van der Waals surface area contributed by atoms with Gasteiger partial charge in [0.05, 0.1) is 5.69 Å². The van der Waals surface area contributed by atoms with E-state index in [1.54, 1.807) is 12.4 Å². The van der Waals surface area contributed by atoms with Crippen LogP contribution in [0.15, 0.2) is 24.5 Å². The Balaban J connectivity index is 2.61. The molecule has 0 unspecified atom stereocenters. The molecule has 2 heterocycles. The largest absolute Gasteiger partial charge is 0.308 e. The van der Waals surface area contributed by atoms with Gasteiger partial charge in [0.25, 0.3) is 0 Å². The third-order valence-corrected chi connectivity index (χ3v) is 2.92. The number of nitrogens with two attached hydrogens (primary N) is 1. The molecule has 2 aromatic heterocycles. The number of nitrogens with one attached hydrogen (secondary N) is 1. The van der Waals surface area contributed by atoms with Crippen molar-refractivity contribution in [3.63, 3.8) is 0 Å². The van der Waals surface area contributed by atoms with E-state index in [9.17, 15) is 0 Å². The molecule has 0 aliphatic rings. The van der Waals surface area contributed by atoms with E-state index >= 15 is 0 Å². The molecule has 5 heteroatoms. The summed E-state index contributed by atoms with van der Waals surface area (Å²) < 4.78 is 0. The van der Waals surface area contributed by atoms with Gasteiger partial charge in [-0.25, -0.2) is 15.8 Å². The maximum absolute atomic E-state index is 5.49. The quantitative estimate of drug-likeness (QED) is 0.638. The molecule has 100 valence electrons. The smallest absolute Gasteiger partial charge is 0.163 e. The van der Waals surface area contributed by atoms with Crippen molar-refractivity contribution < 1.29 is 0 Å². The monoisotopic (exact) mass is 257 g/mol. The van der Waals surface area contributed by atoms with Gasteiger partial charge in [0.15, 0.2) is 5.82 Å². The number of anilines is 1. The summed E-state index contributed by atoms with van der Waals surface area (Å²) in [5, 5.41) is 0. The third-order valence-electron chi connectivity index (χ3n) is 2.92. The fourth-order valence-corrected chi connectivity index (χ4v) is 1.72. The number of nitrogen functional groups attached to an aromatic ring is 1. The van der Waals surface area contributed by atoms with Crippen molar-refractivity contribution in [1.82, 2.24) is 15.0 Å². The van der Waals surface area contributed by atoms with Crippen LogP contribution in [0, 0.1) is 6.92 Å². The van der Waals surface area contributed by atoms with Gasteiger partial charge in [-0.15, -0.1) is 0 Å². The molecule has 0 aliphatic carbocycles. The number of hydrazine groups is 1. The standard InChI is InChI=1S/C14H19N5/c1-9-5-6-16-8-10(9)13-17-11(14(2,3)4)7-12(18-13)19-15/h5-8H,15H2,1-4H3,(H,17,18,19). The Labute approximate surface area is 113 Å². The molecule has 0 fully saturated rings. The van der Waals surface area contributed by atoms with Crippen LogP contribution >= 0.6 is 0 Å². The normalized spacial score (nSPS) is 11.4. The second-order valence-corrected chi connectivity index (χ2v) is 5.55. The van der Waals surface area contributed by atoms with Crippen molar-refractivity contribution in [1.29, 1.82) is 0 Å². The highest BCUT2D eigenvalue weighted by atomic mass is 15.3. The van der Waals surface area contributed by atoms with Crippen molar-refractivity contribution >= 4 is 5.82 Å². The maximum atomic E-state index is 5.49. The van der Waals surface area contributed by atoms with Gasteiger partial charge in [0.1, 0.15) is 5.82 Å². The van der Waals surface area contributed by atoms with Crippen LogP contribution in [0.3, 0.4) is 0 Å². The number of hydrogen-bond acceptors (Lipinski definition) is 5. The molecule has 3 N–H and O–H groups in total. The lowest BCUT2D eigenvalue weighted by Crippen LogP contribution is -2.17. The lowest BCUT2D eigenvalue weighted by Gasteiger charge is -2.19. The summed E-state index contributed by atoms with van der Waals surface area (Å²) in [6.45, 7) is 8.33. The third kappa shape index (κ3) is 2.88. The number of nitrogens with zero attached hydrogens (tertiary/aromatic N) is 3. The highest BCUT2D eigenvalue weighted by molar-refractivity contribution is 5.60. The fraction of sp³-hybridized carbons (Fsp3) is 0.357. The van der Waals surface area contributed by atoms with E-state index in [1.165, 1.54) is 0 Å². The van der Waals surface area contributed by atoms with Crippen molar-refractivity contribution in [2.24, 2.45) is 5.84 Å². The minimum Gasteiger partial charge on any atom is -0.308 e. The molecular formula is C14H19N5. The van der Waals surface area contributed by atoms with Gasteiger partial charge in [-0.2, -0.15) is 0 Å². The Kier molecular flexibility index (Phi) is 3.48. The lowest BCUT2D eigenvalue weighted by molar-refractivity contribution is 0.568. The van der Waals surface area contributed by atoms with Crippen molar-refractivity contribution in [3.05, 3.63) is 35.8 Å². The van der Waals surface area contributed by atoms with E-state index < -0.39 is 0 Å². The number of aryl methyl sites for hydroxylation is 1. The minimum atomic E-state index is -0.0700. The summed E-state index contributed by atoms with van der Waals surface area (Å²) in [6.07, 6.45) is 3.53. The van der Waals surface area contributed by atoms with Crippen LogP contribution in [-0.2, 0) is 5.41 Å². The molecule has 0 atom stereocenters. The lowest BCUT2D eigenvalue weighted by atomic mass is 9.91. The van der Waals surface area contributed by atoms with Gasteiger partial charge in [-0.1, -0.05) is 20.8 Å². The van der Waals surface area contributed by atoms with Crippen LogP contribution in [0.4, 0.5) is 5.82 Å². The Bertz CT molecular complexity index is 587. The van der Waals surface area contributed by atoms with Crippen molar-refractivity contribution in [3.8, 4) is 11.4 Å². The van der Waals surface area contributed by atoms with Gasteiger partial charge in [0.2, 0.25) is 0 Å². The summed E-state index contributed by atoms with van der Waals surface area (Å²) in [5.74, 6) is 6.74. The second-order valence-electron chi connectivity index (χ2n) is 5.55. The predicted molar refractivity (Wildman–Crippen MR) is 76.5 cm³/mol. The van der Waals surface area contributed by atoms with Crippen LogP contribution in [0.1, 0.15) is 32.0 Å². The van der Waals surface area contributed by atoms with Crippen LogP contribution < -0.4 is 11.3 Å². The van der Waals surface area contributed by atoms with Gasteiger partial charge in [-0.05, 0) is 18.6 Å². The van der Waals surface area contributed by atoms with Crippen LogP contribution in [0.25, 0.3) is 11.4 Å². The topological polar surface area (TPSA) is 76.7 Å². The molecule has 0 amide bonds. The Hall–Kier alpha value is -2.01. The van der Waals surface area contributed by atoms with Crippen molar-refractivity contribution in [2.45, 2.75) is 33.1 Å². The number of aromatic nitrogens is 3. The summed E-state index contributed by atoms with van der Waals surface area (Å²) in [6, 6.07) is 3.81. The molecule has 5 nitrogen and oxygen atoms in total. The highest BCUT2D eigenvalue weighted by Crippen LogP contribution is 2.26. The summed E-state index contributed by atoms with van der Waals surface area (Å²) in [7, 11) is 0. The molecule has 0 aliphatic heterocycles. The average Bonchev–Trinajstić information content (AvgIpc) is 2.37. The molecule has 2 aromatic rings. The van der Waals surface area contributed by atoms with Crippen LogP contribution in [0.5, 0.6) is 0 Å². The molecule has 2 rings (SSSR count). The van der Waals surface area contributed by atoms with E-state index in [1.807, 2.05) is 19.1 Å². The highest BCUT2D eigenvalue weighted by Gasteiger charge is 2.19. The van der Waals surface area contributed by atoms with E-state index in [2.05, 4.69) is 41.1 Å². The van der Waals surface area contributed by atoms with Crippen LogP contribution in [-0.4, -0.2) is 15.0 Å². The first-order valence-electron chi connectivity index (χ1n) is 6.19. The predicted octanol–water partition coefficient (Wildman–Crippen LogP) is 2.43. The van der Waals surface area contributed by atoms with Gasteiger partial charge < -0.3 is 5.43 Å². The molecular weight excluding hydrogens is 238 g/mol. The average molecular weight is 257 g/mol. The summed E-state index contributed by atoms with van der Waals surface area (Å²) in [5.41, 5.74) is 5.47. The van der Waals surface area contributed by atoms with Crippen molar-refractivity contribution in [2.75, 3.05) is 5.43 Å². The first-order valence-corrected chi connectivity index (χ1v) is 6.19. The Morgan fingerprint density at radius 2 is 1.95 bits per heavy atom. The Morgan fingerprint density at radius 3 is 2.53 bits per heavy atom. The summed E-state index contributed by atoms with van der Waals surface area (Å²) in [4.78, 5) is 13.2. The zero-order valence-electron chi connectivity index (χ0n) is 11.7. The zero-order valence-corrected chi connectivity index (χ0v) is 11.7. The molecule has 19 heavy (non-hydrogen) atoms. The number of hydrogen-bond donors (Lipinski definition) is 2. The van der Waals surface area contributed by atoms with E-state index in [0.29, 0.717) is 11.6 Å². The first-order chi connectivity index (χ1) is 8.91. The summed E-state index contributed by atoms with van der Waals surface area (Å²) >= 11 is 0. The molecule has 0 saturated heterocycles. The fourth-order valence-electron chi connectivity index (χ4n) is 1.72. The first kappa shape index (κ1) is 13.4. The van der Waals surface area contributed by atoms with Gasteiger partial charge in [-0.3, -0.25) is 4.98 Å². The molecule has 0 radical (unpaired) electrons. The zero-order chi connectivity index (χ0) is 14.0. The number of pyridine rings is 1. The SMILES string of the molecule is Cc1ccncc1-c1nc(NN)cc(C(C)(C)C)n1. The maximum Gasteiger partial charge on any atom is 0.163 e. The van der Waals surface area contributed by atoms with Gasteiger partial charge in [0, 0.05) is 29.4 Å². The molecule has 0 bridgehead atoms. The van der Waals surface area contributed by atoms with Gasteiger partial charge >= 0.3 is 0 Å². The second kappa shape index (κ2) is 4.93. The molecule has 0 saturated carbocycles. The van der Waals surface area contributed by atoms with E-state index in [4.69, 9.17) is 5.84 Å². The van der Waals surface area contributed by atoms with Crippen LogP contribution in [0.2, 0.25) is 0 Å².